The van der Waals surface area contributed by atoms with Crippen LogP contribution in [0.15, 0.2) is 40.9 Å². The molecule has 0 atom stereocenters. The minimum absolute atomic E-state index is 0.00470. The quantitative estimate of drug-likeness (QED) is 0.814. The number of carbonyl (C=O) groups is 1. The molecule has 2 aromatic rings. The van der Waals surface area contributed by atoms with Gasteiger partial charge in [-0.15, -0.1) is 0 Å². The van der Waals surface area contributed by atoms with Gasteiger partial charge >= 0.3 is 0 Å². The summed E-state index contributed by atoms with van der Waals surface area (Å²) in [7, 11) is 0. The van der Waals surface area contributed by atoms with Crippen molar-refractivity contribution in [3.63, 3.8) is 0 Å². The molecule has 4 heteroatoms. The number of nitrogen functional groups attached to an aromatic ring is 1. The number of benzene rings is 2. The van der Waals surface area contributed by atoms with E-state index in [0.717, 1.165) is 32.5 Å². The Kier molecular flexibility index (Phi) is 5.02. The molecule has 2 aromatic carbocycles. The smallest absolute Gasteiger partial charge is 0.224 e. The molecule has 0 aliphatic carbocycles. The molecule has 0 aliphatic heterocycles. The van der Waals surface area contributed by atoms with E-state index in [0.29, 0.717) is 12.8 Å². The monoisotopic (exact) mass is 346 g/mol. The molecule has 1 amide bonds. The van der Waals surface area contributed by atoms with E-state index in [4.69, 9.17) is 5.73 Å². The Morgan fingerprint density at radius 1 is 1.24 bits per heavy atom. The first-order valence-corrected chi connectivity index (χ1v) is 7.66. The van der Waals surface area contributed by atoms with Crippen molar-refractivity contribution in [3.05, 3.63) is 57.6 Å². The van der Waals surface area contributed by atoms with Gasteiger partial charge in [0.05, 0.1) is 5.69 Å². The summed E-state index contributed by atoms with van der Waals surface area (Å²) < 4.78 is 0.914. The second-order valence-corrected chi connectivity index (χ2v) is 6.09. The second-order valence-electron chi connectivity index (χ2n) is 5.23. The number of amides is 1. The number of nitrogens with two attached hydrogens (primary N) is 1. The fourth-order valence-corrected chi connectivity index (χ4v) is 3.06. The molecule has 3 nitrogen and oxygen atoms in total. The number of hydrogen-bond acceptors (Lipinski definition) is 2. The van der Waals surface area contributed by atoms with Crippen LogP contribution in [0.3, 0.4) is 0 Å². The lowest BCUT2D eigenvalue weighted by atomic mass is 10.1. The van der Waals surface area contributed by atoms with Crippen molar-refractivity contribution in [2.75, 3.05) is 11.1 Å². The van der Waals surface area contributed by atoms with Crippen LogP contribution in [-0.2, 0) is 11.2 Å². The van der Waals surface area contributed by atoms with E-state index in [1.165, 1.54) is 0 Å². The fourth-order valence-electron chi connectivity index (χ4n) is 2.28. The Morgan fingerprint density at radius 2 is 2.00 bits per heavy atom. The molecule has 0 saturated carbocycles. The zero-order valence-corrected chi connectivity index (χ0v) is 13.8. The Labute approximate surface area is 133 Å². The maximum absolute atomic E-state index is 12.1. The van der Waals surface area contributed by atoms with Crippen LogP contribution in [0, 0.1) is 13.8 Å². The standard InChI is InChI=1S/C17H19BrN2O/c1-11-8-12(2)17(15(18)9-11)20-16(21)7-6-13-4-3-5-14(19)10-13/h3-5,8-10H,6-7,19H2,1-2H3,(H,20,21). The number of hydrogen-bond donors (Lipinski definition) is 2. The van der Waals surface area contributed by atoms with Gasteiger partial charge in [0.1, 0.15) is 0 Å². The number of anilines is 2. The molecule has 0 aliphatic rings. The van der Waals surface area contributed by atoms with Crippen molar-refractivity contribution in [1.29, 1.82) is 0 Å². The molecule has 0 radical (unpaired) electrons. The highest BCUT2D eigenvalue weighted by Crippen LogP contribution is 2.28. The highest BCUT2D eigenvalue weighted by atomic mass is 79.9. The maximum atomic E-state index is 12.1. The van der Waals surface area contributed by atoms with Crippen molar-refractivity contribution in [2.45, 2.75) is 26.7 Å². The van der Waals surface area contributed by atoms with Crippen LogP contribution < -0.4 is 11.1 Å². The highest BCUT2D eigenvalue weighted by Gasteiger charge is 2.09. The minimum atomic E-state index is 0.00470. The molecule has 0 bridgehead atoms. The Morgan fingerprint density at radius 3 is 2.67 bits per heavy atom. The first kappa shape index (κ1) is 15.6. The van der Waals surface area contributed by atoms with Crippen LogP contribution in [0.5, 0.6) is 0 Å². The molecule has 0 unspecified atom stereocenters. The van der Waals surface area contributed by atoms with E-state index in [-0.39, 0.29) is 5.91 Å². The molecule has 0 saturated heterocycles. The summed E-state index contributed by atoms with van der Waals surface area (Å²) in [5.74, 6) is 0.00470. The van der Waals surface area contributed by atoms with E-state index in [1.54, 1.807) is 0 Å². The van der Waals surface area contributed by atoms with Gasteiger partial charge in [0.15, 0.2) is 0 Å². The van der Waals surface area contributed by atoms with Gasteiger partial charge in [0, 0.05) is 16.6 Å². The summed E-state index contributed by atoms with van der Waals surface area (Å²) in [5.41, 5.74) is 10.6. The third kappa shape index (κ3) is 4.33. The van der Waals surface area contributed by atoms with E-state index >= 15 is 0 Å². The molecule has 21 heavy (non-hydrogen) atoms. The van der Waals surface area contributed by atoms with Gasteiger partial charge in [0.2, 0.25) is 5.91 Å². The van der Waals surface area contributed by atoms with Crippen LogP contribution in [0.1, 0.15) is 23.1 Å². The van der Waals surface area contributed by atoms with Crippen LogP contribution in [-0.4, -0.2) is 5.91 Å². The van der Waals surface area contributed by atoms with E-state index in [9.17, 15) is 4.79 Å². The zero-order valence-electron chi connectivity index (χ0n) is 12.2. The number of nitrogens with one attached hydrogen (secondary N) is 1. The average molecular weight is 347 g/mol. The Balaban J connectivity index is 1.99. The molecule has 110 valence electrons. The van der Waals surface area contributed by atoms with Crippen LogP contribution in [0.25, 0.3) is 0 Å². The molecule has 0 spiro atoms. The van der Waals surface area contributed by atoms with Crippen molar-refractivity contribution < 1.29 is 4.79 Å². The van der Waals surface area contributed by atoms with E-state index in [2.05, 4.69) is 27.3 Å². The number of halogens is 1. The lowest BCUT2D eigenvalue weighted by Gasteiger charge is -2.12. The maximum Gasteiger partial charge on any atom is 0.224 e. The Hall–Kier alpha value is -1.81. The summed E-state index contributed by atoms with van der Waals surface area (Å²) >= 11 is 3.50. The van der Waals surface area contributed by atoms with Crippen LogP contribution in [0.2, 0.25) is 0 Å². The molecule has 0 heterocycles. The predicted octanol–water partition coefficient (Wildman–Crippen LogP) is 4.22. The van der Waals surface area contributed by atoms with Crippen molar-refractivity contribution in [3.8, 4) is 0 Å². The van der Waals surface area contributed by atoms with Crippen LogP contribution >= 0.6 is 15.9 Å². The SMILES string of the molecule is Cc1cc(C)c(NC(=O)CCc2cccc(N)c2)c(Br)c1. The normalized spacial score (nSPS) is 10.4. The van der Waals surface area contributed by atoms with Gasteiger partial charge < -0.3 is 11.1 Å². The number of rotatable bonds is 4. The lowest BCUT2D eigenvalue weighted by Crippen LogP contribution is -2.13. The van der Waals surface area contributed by atoms with Gasteiger partial charge in [-0.2, -0.15) is 0 Å². The van der Waals surface area contributed by atoms with Gasteiger partial charge in [-0.1, -0.05) is 18.2 Å². The van der Waals surface area contributed by atoms with E-state index < -0.39 is 0 Å². The van der Waals surface area contributed by atoms with E-state index in [1.807, 2.05) is 44.2 Å². The molecular weight excluding hydrogens is 328 g/mol. The first-order chi connectivity index (χ1) is 9.95. The second kappa shape index (κ2) is 6.76. The first-order valence-electron chi connectivity index (χ1n) is 6.86. The summed E-state index contributed by atoms with van der Waals surface area (Å²) in [5, 5.41) is 2.97. The molecule has 3 N–H and O–H groups in total. The average Bonchev–Trinajstić information content (AvgIpc) is 2.40. The highest BCUT2D eigenvalue weighted by molar-refractivity contribution is 9.10. The summed E-state index contributed by atoms with van der Waals surface area (Å²) in [6.45, 7) is 4.02. The molecular formula is C17H19BrN2O. The number of carbonyl (C=O) groups excluding carboxylic acids is 1. The van der Waals surface area contributed by atoms with Gasteiger partial charge in [-0.3, -0.25) is 4.79 Å². The summed E-state index contributed by atoms with van der Waals surface area (Å²) in [6, 6.07) is 11.7. The largest absolute Gasteiger partial charge is 0.399 e. The van der Waals surface area contributed by atoms with Crippen LogP contribution in [0.4, 0.5) is 11.4 Å². The topological polar surface area (TPSA) is 55.1 Å². The summed E-state index contributed by atoms with van der Waals surface area (Å²) in [4.78, 5) is 12.1. The minimum Gasteiger partial charge on any atom is -0.399 e. The Bertz CT molecular complexity index is 645. The molecule has 0 aromatic heterocycles. The third-order valence-electron chi connectivity index (χ3n) is 3.29. The fraction of sp³-hybridized carbons (Fsp3) is 0.235. The van der Waals surface area contributed by atoms with Crippen molar-refractivity contribution >= 4 is 33.2 Å². The summed E-state index contributed by atoms with van der Waals surface area (Å²) in [6.07, 6.45) is 1.11. The van der Waals surface area contributed by atoms with Gasteiger partial charge in [0.25, 0.3) is 0 Å². The number of aryl methyl sites for hydroxylation is 3. The molecule has 2 rings (SSSR count). The van der Waals surface area contributed by atoms with Gasteiger partial charge in [-0.25, -0.2) is 0 Å². The van der Waals surface area contributed by atoms with Gasteiger partial charge in [-0.05, 0) is 71.1 Å². The lowest BCUT2D eigenvalue weighted by molar-refractivity contribution is -0.116. The zero-order chi connectivity index (χ0) is 15.4. The predicted molar refractivity (Wildman–Crippen MR) is 91.4 cm³/mol. The third-order valence-corrected chi connectivity index (χ3v) is 3.91. The molecule has 0 fully saturated rings. The van der Waals surface area contributed by atoms with Crippen molar-refractivity contribution in [1.82, 2.24) is 0 Å². The van der Waals surface area contributed by atoms with Crippen molar-refractivity contribution in [2.24, 2.45) is 0 Å².